The quantitative estimate of drug-likeness (QED) is 0.258. The lowest BCUT2D eigenvalue weighted by atomic mass is 9.77. The van der Waals surface area contributed by atoms with Crippen molar-refractivity contribution >= 4 is 0 Å². The Hall–Kier alpha value is -1.74. The van der Waals surface area contributed by atoms with Crippen LogP contribution in [0.3, 0.4) is 0 Å². The van der Waals surface area contributed by atoms with E-state index in [1.165, 1.54) is 94.6 Å². The van der Waals surface area contributed by atoms with E-state index >= 15 is 0 Å². The molecular weight excluding hydrogens is 462 g/mol. The van der Waals surface area contributed by atoms with Crippen LogP contribution in [0.25, 0.3) is 0 Å². The van der Waals surface area contributed by atoms with Gasteiger partial charge in [0.25, 0.3) is 0 Å². The number of ether oxygens (including phenoxy) is 1. The molecule has 0 atom stereocenters. The maximum atomic E-state index is 14.6. The number of alkyl halides is 2. The second-order valence-electron chi connectivity index (χ2n) is 11.9. The molecule has 2 saturated carbocycles. The summed E-state index contributed by atoms with van der Waals surface area (Å²) in [6.45, 7) is 4.48. The Balaban J connectivity index is 1.21. The van der Waals surface area contributed by atoms with Gasteiger partial charge >= 0.3 is 6.11 Å². The summed E-state index contributed by atoms with van der Waals surface area (Å²) in [5, 5.41) is 0. The van der Waals surface area contributed by atoms with Gasteiger partial charge in [0.05, 0.1) is 13.0 Å². The van der Waals surface area contributed by atoms with Crippen molar-refractivity contribution < 1.29 is 13.5 Å². The summed E-state index contributed by atoms with van der Waals surface area (Å²) in [6, 6.07) is 16.1. The average Bonchev–Trinajstić information content (AvgIpc) is 2.93. The van der Waals surface area contributed by atoms with Crippen LogP contribution in [0.4, 0.5) is 8.78 Å². The number of hydrogen-bond acceptors (Lipinski definition) is 1. The molecule has 0 radical (unpaired) electrons. The molecule has 0 aromatic heterocycles. The van der Waals surface area contributed by atoms with Crippen LogP contribution < -0.4 is 0 Å². The molecule has 4 rings (SSSR count). The number of rotatable bonds is 12. The monoisotopic (exact) mass is 510 g/mol. The van der Waals surface area contributed by atoms with E-state index in [2.05, 4.69) is 38.1 Å². The third-order valence-electron chi connectivity index (χ3n) is 9.25. The van der Waals surface area contributed by atoms with Crippen LogP contribution in [0.1, 0.15) is 131 Å². The predicted molar refractivity (Wildman–Crippen MR) is 150 cm³/mol. The van der Waals surface area contributed by atoms with Crippen molar-refractivity contribution in [3.05, 3.63) is 70.8 Å². The molecule has 0 saturated heterocycles. The minimum atomic E-state index is -3.17. The maximum Gasteiger partial charge on any atom is 0.360 e. The fraction of sp³-hybridized carbons (Fsp3) is 0.647. The smallest absolute Gasteiger partial charge is 0.315 e. The lowest BCUT2D eigenvalue weighted by Crippen LogP contribution is -2.23. The molecule has 0 aliphatic heterocycles. The third kappa shape index (κ3) is 8.63. The van der Waals surface area contributed by atoms with Gasteiger partial charge in [-0.3, -0.25) is 0 Å². The van der Waals surface area contributed by atoms with Crippen LogP contribution in [0.15, 0.2) is 48.5 Å². The Kier molecular flexibility index (Phi) is 10.6. The molecule has 3 heteroatoms. The first-order valence-electron chi connectivity index (χ1n) is 15.1. The number of unbranched alkanes of at least 4 members (excludes halogenated alkanes) is 2. The Morgan fingerprint density at radius 2 is 1.19 bits per heavy atom. The SMILES string of the molecule is CCCCCC1CCC(c2ccc(COC(F)(F)Cc3ccc(C4CCC(CC)CC4)cc3)cc2)CC1. The molecule has 2 fully saturated rings. The zero-order valence-corrected chi connectivity index (χ0v) is 23.2. The molecule has 0 heterocycles. The van der Waals surface area contributed by atoms with Crippen molar-refractivity contribution in [2.24, 2.45) is 11.8 Å². The summed E-state index contributed by atoms with van der Waals surface area (Å²) in [4.78, 5) is 0. The Morgan fingerprint density at radius 1 is 0.676 bits per heavy atom. The fourth-order valence-corrected chi connectivity index (χ4v) is 6.64. The van der Waals surface area contributed by atoms with Crippen molar-refractivity contribution in [1.29, 1.82) is 0 Å². The topological polar surface area (TPSA) is 9.23 Å². The van der Waals surface area contributed by atoms with Crippen molar-refractivity contribution in [3.63, 3.8) is 0 Å². The molecule has 2 aromatic rings. The van der Waals surface area contributed by atoms with Gasteiger partial charge in [-0.25, -0.2) is 0 Å². The summed E-state index contributed by atoms with van der Waals surface area (Å²) >= 11 is 0. The van der Waals surface area contributed by atoms with Crippen LogP contribution in [0, 0.1) is 11.8 Å². The Labute approximate surface area is 224 Å². The van der Waals surface area contributed by atoms with E-state index in [-0.39, 0.29) is 13.0 Å². The molecule has 204 valence electrons. The van der Waals surface area contributed by atoms with Gasteiger partial charge in [0.15, 0.2) is 0 Å². The van der Waals surface area contributed by atoms with E-state index in [9.17, 15) is 8.78 Å². The number of halogens is 2. The second-order valence-corrected chi connectivity index (χ2v) is 11.9. The lowest BCUT2D eigenvalue weighted by molar-refractivity contribution is -0.244. The molecule has 0 unspecified atom stereocenters. The zero-order valence-electron chi connectivity index (χ0n) is 23.2. The van der Waals surface area contributed by atoms with Gasteiger partial charge in [-0.2, -0.15) is 8.78 Å². The summed E-state index contributed by atoms with van der Waals surface area (Å²) in [6.07, 6.45) is 13.3. The highest BCUT2D eigenvalue weighted by atomic mass is 19.3. The van der Waals surface area contributed by atoms with Gasteiger partial charge in [0.1, 0.15) is 0 Å². The van der Waals surface area contributed by atoms with Crippen molar-refractivity contribution in [2.45, 2.75) is 128 Å². The van der Waals surface area contributed by atoms with Crippen molar-refractivity contribution in [2.75, 3.05) is 0 Å². The Bertz CT molecular complexity index is 904. The van der Waals surface area contributed by atoms with E-state index in [1.54, 1.807) is 0 Å². The maximum absolute atomic E-state index is 14.6. The van der Waals surface area contributed by atoms with Crippen LogP contribution in [0.5, 0.6) is 0 Å². The molecule has 37 heavy (non-hydrogen) atoms. The van der Waals surface area contributed by atoms with Crippen LogP contribution >= 0.6 is 0 Å². The standard InChI is InChI=1S/C34H48F2O/c1-3-5-6-7-27-10-18-31(19-11-27)33-22-14-29(15-23-33)25-37-34(35,36)24-28-12-20-32(21-13-28)30-16-8-26(4-2)9-17-30/h12-15,20-23,26-27,30-31H,3-11,16-19,24-25H2,1-2H3. The Morgan fingerprint density at radius 3 is 1.70 bits per heavy atom. The molecule has 0 amide bonds. The van der Waals surface area contributed by atoms with Crippen molar-refractivity contribution in [3.8, 4) is 0 Å². The molecule has 1 nitrogen and oxygen atoms in total. The largest absolute Gasteiger partial charge is 0.360 e. The first kappa shape index (κ1) is 28.3. The third-order valence-corrected chi connectivity index (χ3v) is 9.25. The minimum absolute atomic E-state index is 0.0593. The molecule has 2 aromatic carbocycles. The van der Waals surface area contributed by atoms with Gasteiger partial charge in [-0.1, -0.05) is 94.5 Å². The molecule has 0 N–H and O–H groups in total. The van der Waals surface area contributed by atoms with Crippen molar-refractivity contribution in [1.82, 2.24) is 0 Å². The van der Waals surface area contributed by atoms with Gasteiger partial charge in [0.2, 0.25) is 0 Å². The highest BCUT2D eigenvalue weighted by Gasteiger charge is 2.31. The summed E-state index contributed by atoms with van der Waals surface area (Å²) < 4.78 is 34.4. The second kappa shape index (κ2) is 13.9. The predicted octanol–water partition coefficient (Wildman–Crippen LogP) is 10.6. The highest BCUT2D eigenvalue weighted by Crippen LogP contribution is 2.39. The highest BCUT2D eigenvalue weighted by molar-refractivity contribution is 5.27. The van der Waals surface area contributed by atoms with E-state index in [0.717, 1.165) is 17.4 Å². The first-order chi connectivity index (χ1) is 18.0. The summed E-state index contributed by atoms with van der Waals surface area (Å²) in [5.74, 6) is 2.96. The molecule has 0 spiro atoms. The van der Waals surface area contributed by atoms with E-state index in [0.29, 0.717) is 17.4 Å². The van der Waals surface area contributed by atoms with E-state index in [1.807, 2.05) is 24.3 Å². The fourth-order valence-electron chi connectivity index (χ4n) is 6.64. The minimum Gasteiger partial charge on any atom is -0.315 e. The van der Waals surface area contributed by atoms with Crippen LogP contribution in [-0.4, -0.2) is 6.11 Å². The van der Waals surface area contributed by atoms with Crippen LogP contribution in [0.2, 0.25) is 0 Å². The number of hydrogen-bond donors (Lipinski definition) is 0. The van der Waals surface area contributed by atoms with E-state index < -0.39 is 6.11 Å². The van der Waals surface area contributed by atoms with Gasteiger partial charge in [0, 0.05) is 0 Å². The molecule has 0 bridgehead atoms. The summed E-state index contributed by atoms with van der Waals surface area (Å²) in [7, 11) is 0. The molecular formula is C34H48F2O. The van der Waals surface area contributed by atoms with Gasteiger partial charge in [-0.05, 0) is 97.3 Å². The summed E-state index contributed by atoms with van der Waals surface area (Å²) in [5.41, 5.74) is 4.10. The normalized spacial score (nSPS) is 24.8. The van der Waals surface area contributed by atoms with Crippen LogP contribution in [-0.2, 0) is 17.8 Å². The average molecular weight is 511 g/mol. The van der Waals surface area contributed by atoms with Gasteiger partial charge in [-0.15, -0.1) is 0 Å². The van der Waals surface area contributed by atoms with Gasteiger partial charge < -0.3 is 4.74 Å². The zero-order chi connectivity index (χ0) is 26.1. The number of benzene rings is 2. The molecule has 2 aliphatic carbocycles. The lowest BCUT2D eigenvalue weighted by Gasteiger charge is -2.29. The van der Waals surface area contributed by atoms with E-state index in [4.69, 9.17) is 4.74 Å². The molecule has 2 aliphatic rings. The first-order valence-corrected chi connectivity index (χ1v) is 15.1.